The van der Waals surface area contributed by atoms with Crippen LogP contribution in [-0.4, -0.2) is 18.5 Å². The topological polar surface area (TPSA) is 31.4 Å². The van der Waals surface area contributed by atoms with E-state index in [1.54, 1.807) is 0 Å². The highest BCUT2D eigenvalue weighted by Crippen LogP contribution is 2.39. The van der Waals surface area contributed by atoms with Gasteiger partial charge in [-0.05, 0) is 0 Å². The zero-order chi connectivity index (χ0) is 14.8. The molecule has 0 fully saturated rings. The third kappa shape index (κ3) is 4.05. The lowest BCUT2D eigenvalue weighted by Crippen LogP contribution is -2.20. The molecule has 0 aliphatic carbocycles. The van der Waals surface area contributed by atoms with E-state index in [1.807, 2.05) is 0 Å². The molecule has 0 unspecified atom stereocenters. The van der Waals surface area contributed by atoms with Crippen molar-refractivity contribution in [3.63, 3.8) is 0 Å². The summed E-state index contributed by atoms with van der Waals surface area (Å²) in [5, 5.41) is 0. The van der Waals surface area contributed by atoms with E-state index in [0.717, 1.165) is 7.11 Å². The van der Waals surface area contributed by atoms with E-state index in [-0.39, 0.29) is 6.07 Å². The number of hydrogen-bond donors (Lipinski definition) is 0. The van der Waals surface area contributed by atoms with Crippen LogP contribution in [-0.2, 0) is 12.1 Å². The van der Waals surface area contributed by atoms with Gasteiger partial charge in [0.05, 0.1) is 13.0 Å². The van der Waals surface area contributed by atoms with Crippen molar-refractivity contribution in [1.82, 2.24) is 4.98 Å². The standard InChI is InChI=1S/C9H6ClF6NO2/c1-18-7-4(8(11,12)13)2-6(5(3-10)17-7)19-9(14,15)16/h2H,3H2,1H3. The first-order chi connectivity index (χ1) is 8.58. The number of rotatable bonds is 3. The molecule has 0 radical (unpaired) electrons. The predicted octanol–water partition coefficient (Wildman–Crippen LogP) is 3.75. The maximum Gasteiger partial charge on any atom is 0.573 e. The molecular weight excluding hydrogens is 304 g/mol. The van der Waals surface area contributed by atoms with Crippen LogP contribution in [0.15, 0.2) is 6.07 Å². The fourth-order valence-corrected chi connectivity index (χ4v) is 1.37. The van der Waals surface area contributed by atoms with Crippen molar-refractivity contribution in [2.45, 2.75) is 18.4 Å². The zero-order valence-corrected chi connectivity index (χ0v) is 9.95. The normalized spacial score (nSPS) is 12.4. The van der Waals surface area contributed by atoms with E-state index in [0.29, 0.717) is 0 Å². The van der Waals surface area contributed by atoms with Crippen molar-refractivity contribution in [3.8, 4) is 11.6 Å². The average molecular weight is 310 g/mol. The quantitative estimate of drug-likeness (QED) is 0.629. The van der Waals surface area contributed by atoms with E-state index in [1.165, 1.54) is 0 Å². The molecule has 1 rings (SSSR count). The van der Waals surface area contributed by atoms with Crippen LogP contribution >= 0.6 is 11.6 Å². The Labute approximate surface area is 108 Å². The van der Waals surface area contributed by atoms with Gasteiger partial charge in [0.2, 0.25) is 5.88 Å². The van der Waals surface area contributed by atoms with E-state index < -0.39 is 41.3 Å². The Morgan fingerprint density at radius 1 is 1.21 bits per heavy atom. The van der Waals surface area contributed by atoms with Crippen LogP contribution in [0.4, 0.5) is 26.3 Å². The molecule has 0 saturated carbocycles. The number of ether oxygens (including phenoxy) is 2. The number of aromatic nitrogens is 1. The van der Waals surface area contributed by atoms with E-state index >= 15 is 0 Å². The molecule has 1 aromatic heterocycles. The minimum absolute atomic E-state index is 0.150. The number of halogens is 7. The summed E-state index contributed by atoms with van der Waals surface area (Å²) < 4.78 is 81.8. The Morgan fingerprint density at radius 2 is 1.79 bits per heavy atom. The first kappa shape index (κ1) is 15.7. The number of nitrogens with zero attached hydrogens (tertiary/aromatic N) is 1. The summed E-state index contributed by atoms with van der Waals surface area (Å²) in [6.45, 7) is 0. The second kappa shape index (κ2) is 5.32. The summed E-state index contributed by atoms with van der Waals surface area (Å²) in [5.41, 5.74) is -1.99. The third-order valence-electron chi connectivity index (χ3n) is 1.88. The molecule has 0 bridgehead atoms. The monoisotopic (exact) mass is 309 g/mol. The molecule has 10 heteroatoms. The van der Waals surface area contributed by atoms with Gasteiger partial charge in [0, 0.05) is 6.07 Å². The maximum atomic E-state index is 12.6. The molecule has 1 aromatic rings. The molecule has 0 aromatic carbocycles. The van der Waals surface area contributed by atoms with Gasteiger partial charge in [-0.2, -0.15) is 13.2 Å². The van der Waals surface area contributed by atoms with Crippen molar-refractivity contribution in [2.75, 3.05) is 7.11 Å². The molecule has 1 heterocycles. The van der Waals surface area contributed by atoms with Crippen molar-refractivity contribution >= 4 is 11.6 Å². The summed E-state index contributed by atoms with van der Waals surface area (Å²) in [6.07, 6.45) is -10.1. The Kier molecular flexibility index (Phi) is 4.39. The second-order valence-electron chi connectivity index (χ2n) is 3.17. The molecule has 0 amide bonds. The van der Waals surface area contributed by atoms with Crippen LogP contribution in [0.2, 0.25) is 0 Å². The highest BCUT2D eigenvalue weighted by molar-refractivity contribution is 6.17. The molecule has 0 saturated heterocycles. The van der Waals surface area contributed by atoms with Crippen LogP contribution in [0.25, 0.3) is 0 Å². The lowest BCUT2D eigenvalue weighted by atomic mass is 10.2. The number of hydrogen-bond acceptors (Lipinski definition) is 3. The van der Waals surface area contributed by atoms with Gasteiger partial charge < -0.3 is 9.47 Å². The van der Waals surface area contributed by atoms with Crippen LogP contribution in [0, 0.1) is 0 Å². The van der Waals surface area contributed by atoms with Crippen molar-refractivity contribution < 1.29 is 35.8 Å². The van der Waals surface area contributed by atoms with E-state index in [2.05, 4.69) is 14.5 Å². The van der Waals surface area contributed by atoms with Gasteiger partial charge in [-0.1, -0.05) is 0 Å². The number of pyridine rings is 1. The lowest BCUT2D eigenvalue weighted by Gasteiger charge is -2.16. The first-order valence-electron chi connectivity index (χ1n) is 4.55. The summed E-state index contributed by atoms with van der Waals surface area (Å²) in [6, 6.07) is 0.150. The highest BCUT2D eigenvalue weighted by atomic mass is 35.5. The van der Waals surface area contributed by atoms with Crippen LogP contribution in [0.5, 0.6) is 11.6 Å². The SMILES string of the molecule is COc1nc(CCl)c(OC(F)(F)F)cc1C(F)(F)F. The van der Waals surface area contributed by atoms with Crippen molar-refractivity contribution in [1.29, 1.82) is 0 Å². The second-order valence-corrected chi connectivity index (χ2v) is 3.44. The minimum Gasteiger partial charge on any atom is -0.481 e. The fraction of sp³-hybridized carbons (Fsp3) is 0.444. The van der Waals surface area contributed by atoms with Gasteiger partial charge in [0.1, 0.15) is 11.3 Å². The maximum absolute atomic E-state index is 12.6. The summed E-state index contributed by atoms with van der Waals surface area (Å²) in [4.78, 5) is 3.26. The van der Waals surface area contributed by atoms with Crippen molar-refractivity contribution in [2.24, 2.45) is 0 Å². The van der Waals surface area contributed by atoms with Gasteiger partial charge in [0.25, 0.3) is 0 Å². The summed E-state index contributed by atoms with van der Waals surface area (Å²) in [7, 11) is 0.903. The number of alkyl halides is 7. The largest absolute Gasteiger partial charge is 0.573 e. The van der Waals surface area contributed by atoms with Crippen LogP contribution in [0.3, 0.4) is 0 Å². The Morgan fingerprint density at radius 3 is 2.16 bits per heavy atom. The minimum atomic E-state index is -5.15. The molecule has 19 heavy (non-hydrogen) atoms. The smallest absolute Gasteiger partial charge is 0.481 e. The van der Waals surface area contributed by atoms with Gasteiger partial charge in [-0.15, -0.1) is 24.8 Å². The highest BCUT2D eigenvalue weighted by Gasteiger charge is 2.39. The van der Waals surface area contributed by atoms with Crippen LogP contribution < -0.4 is 9.47 Å². The van der Waals surface area contributed by atoms with Crippen LogP contribution in [0.1, 0.15) is 11.3 Å². The van der Waals surface area contributed by atoms with E-state index in [4.69, 9.17) is 11.6 Å². The molecule has 0 aliphatic heterocycles. The third-order valence-corrected chi connectivity index (χ3v) is 2.13. The van der Waals surface area contributed by atoms with Gasteiger partial charge in [-0.3, -0.25) is 0 Å². The van der Waals surface area contributed by atoms with Gasteiger partial charge >= 0.3 is 12.5 Å². The van der Waals surface area contributed by atoms with Crippen molar-refractivity contribution in [3.05, 3.63) is 17.3 Å². The van der Waals surface area contributed by atoms with Gasteiger partial charge in [0.15, 0.2) is 5.75 Å². The number of methoxy groups -OCH3 is 1. The lowest BCUT2D eigenvalue weighted by molar-refractivity contribution is -0.275. The average Bonchev–Trinajstić information content (AvgIpc) is 2.25. The first-order valence-corrected chi connectivity index (χ1v) is 5.08. The Bertz CT molecular complexity index is 459. The molecule has 0 N–H and O–H groups in total. The molecule has 0 atom stereocenters. The summed E-state index contributed by atoms with van der Waals surface area (Å²) >= 11 is 5.31. The molecule has 108 valence electrons. The zero-order valence-electron chi connectivity index (χ0n) is 9.19. The molecule has 0 aliphatic rings. The fourth-order valence-electron chi connectivity index (χ4n) is 1.18. The summed E-state index contributed by atoms with van der Waals surface area (Å²) in [5.74, 6) is -2.56. The Balaban J connectivity index is 3.38. The van der Waals surface area contributed by atoms with Gasteiger partial charge in [-0.25, -0.2) is 4.98 Å². The Hall–Kier alpha value is -1.38. The van der Waals surface area contributed by atoms with E-state index in [9.17, 15) is 26.3 Å². The molecule has 3 nitrogen and oxygen atoms in total. The predicted molar refractivity (Wildman–Crippen MR) is 52.0 cm³/mol. The molecule has 0 spiro atoms. The molecular formula is C9H6ClF6NO2.